The molecular weight excluding hydrogens is 339 g/mol. The maximum atomic E-state index is 12.9. The standard InChI is InChI=1S/C23H23FN2O/c24-20-9-7-18(8-10-20)23(27)2-1-11-26-14-19-12-21(22(19)15-26)17-5-3-16(13-25)4-6-17/h3-10,19,21-22H,1-2,11-12,14-15H2. The lowest BCUT2D eigenvalue weighted by Crippen LogP contribution is -2.33. The van der Waals surface area contributed by atoms with E-state index in [2.05, 4.69) is 23.1 Å². The third-order valence-electron chi connectivity index (χ3n) is 6.15. The third kappa shape index (κ3) is 3.79. The van der Waals surface area contributed by atoms with Crippen molar-refractivity contribution in [3.05, 3.63) is 71.0 Å². The predicted octanol–water partition coefficient (Wildman–Crippen LogP) is 4.40. The maximum Gasteiger partial charge on any atom is 0.162 e. The minimum atomic E-state index is -0.309. The molecule has 2 fully saturated rings. The molecule has 3 nitrogen and oxygen atoms in total. The van der Waals surface area contributed by atoms with Crippen LogP contribution in [0.25, 0.3) is 0 Å². The highest BCUT2D eigenvalue weighted by atomic mass is 19.1. The van der Waals surface area contributed by atoms with Crippen LogP contribution in [0.5, 0.6) is 0 Å². The van der Waals surface area contributed by atoms with E-state index in [1.165, 1.54) is 24.1 Å². The number of halogens is 1. The molecule has 2 aliphatic rings. The Morgan fingerprint density at radius 1 is 1.11 bits per heavy atom. The van der Waals surface area contributed by atoms with E-state index in [0.717, 1.165) is 32.0 Å². The van der Waals surface area contributed by atoms with Gasteiger partial charge in [-0.15, -0.1) is 0 Å². The number of nitriles is 1. The number of likely N-dealkylation sites (tertiary alicyclic amines) is 1. The van der Waals surface area contributed by atoms with Gasteiger partial charge in [-0.1, -0.05) is 12.1 Å². The second kappa shape index (κ2) is 7.62. The normalized spacial score (nSPS) is 24.1. The Bertz CT molecular complexity index is 853. The van der Waals surface area contributed by atoms with Crippen LogP contribution in [0.15, 0.2) is 48.5 Å². The lowest BCUT2D eigenvalue weighted by atomic mass is 9.64. The average molecular weight is 362 g/mol. The monoisotopic (exact) mass is 362 g/mol. The van der Waals surface area contributed by atoms with Crippen LogP contribution in [0.4, 0.5) is 4.39 Å². The van der Waals surface area contributed by atoms with Crippen molar-refractivity contribution in [2.24, 2.45) is 11.8 Å². The molecule has 1 saturated heterocycles. The number of nitrogens with zero attached hydrogens (tertiary/aromatic N) is 2. The van der Waals surface area contributed by atoms with Gasteiger partial charge < -0.3 is 4.90 Å². The number of fused-ring (bicyclic) bond motifs is 1. The van der Waals surface area contributed by atoms with Gasteiger partial charge >= 0.3 is 0 Å². The Balaban J connectivity index is 1.25. The van der Waals surface area contributed by atoms with E-state index >= 15 is 0 Å². The molecule has 1 heterocycles. The Morgan fingerprint density at radius 3 is 2.56 bits per heavy atom. The van der Waals surface area contributed by atoms with Gasteiger partial charge in [0.25, 0.3) is 0 Å². The highest BCUT2D eigenvalue weighted by Gasteiger charge is 2.47. The Kier molecular flexibility index (Phi) is 5.05. The van der Waals surface area contributed by atoms with Gasteiger partial charge in [0.1, 0.15) is 5.82 Å². The summed E-state index contributed by atoms with van der Waals surface area (Å²) in [6.45, 7) is 3.17. The zero-order valence-corrected chi connectivity index (χ0v) is 15.3. The molecule has 0 bridgehead atoms. The number of hydrogen-bond acceptors (Lipinski definition) is 3. The average Bonchev–Trinajstić information content (AvgIpc) is 2.99. The van der Waals surface area contributed by atoms with E-state index in [0.29, 0.717) is 29.4 Å². The fraction of sp³-hybridized carbons (Fsp3) is 0.391. The van der Waals surface area contributed by atoms with Crippen LogP contribution in [-0.4, -0.2) is 30.3 Å². The summed E-state index contributed by atoms with van der Waals surface area (Å²) in [5.74, 6) is 1.85. The first-order valence-corrected chi connectivity index (χ1v) is 9.65. The van der Waals surface area contributed by atoms with Gasteiger partial charge in [-0.05, 0) is 79.1 Å². The summed E-state index contributed by atoms with van der Waals surface area (Å²) in [6, 6.07) is 16.0. The SMILES string of the molecule is N#Cc1ccc(C2CC3CN(CCCC(=O)c4ccc(F)cc4)CC32)cc1. The summed E-state index contributed by atoms with van der Waals surface area (Å²) >= 11 is 0. The molecule has 0 aromatic heterocycles. The van der Waals surface area contributed by atoms with Crippen molar-refractivity contribution in [2.45, 2.75) is 25.2 Å². The number of ketones is 1. The molecule has 3 atom stereocenters. The van der Waals surface area contributed by atoms with Gasteiger partial charge in [-0.2, -0.15) is 5.26 Å². The summed E-state index contributed by atoms with van der Waals surface area (Å²) < 4.78 is 12.9. The number of carbonyl (C=O) groups excluding carboxylic acids is 1. The first-order chi connectivity index (χ1) is 13.1. The maximum absolute atomic E-state index is 12.9. The van der Waals surface area contributed by atoms with Crippen LogP contribution >= 0.6 is 0 Å². The number of benzene rings is 2. The first-order valence-electron chi connectivity index (χ1n) is 9.65. The number of rotatable bonds is 6. The molecule has 4 heteroatoms. The highest BCUT2D eigenvalue weighted by molar-refractivity contribution is 5.95. The lowest BCUT2D eigenvalue weighted by molar-refractivity contribution is 0.0976. The van der Waals surface area contributed by atoms with E-state index in [1.54, 1.807) is 12.1 Å². The van der Waals surface area contributed by atoms with Crippen LogP contribution in [0.2, 0.25) is 0 Å². The Hall–Kier alpha value is -2.51. The van der Waals surface area contributed by atoms with E-state index in [9.17, 15) is 9.18 Å². The fourth-order valence-electron chi connectivity index (χ4n) is 4.61. The minimum Gasteiger partial charge on any atom is -0.303 e. The molecule has 2 aromatic carbocycles. The fourth-order valence-corrected chi connectivity index (χ4v) is 4.61. The van der Waals surface area contributed by atoms with Crippen molar-refractivity contribution in [3.63, 3.8) is 0 Å². The van der Waals surface area contributed by atoms with E-state index < -0.39 is 0 Å². The topological polar surface area (TPSA) is 44.1 Å². The smallest absolute Gasteiger partial charge is 0.162 e. The zero-order valence-electron chi connectivity index (χ0n) is 15.3. The van der Waals surface area contributed by atoms with Crippen LogP contribution in [0.1, 0.15) is 46.7 Å². The summed E-state index contributed by atoms with van der Waals surface area (Å²) in [7, 11) is 0. The van der Waals surface area contributed by atoms with Crippen molar-refractivity contribution in [1.29, 1.82) is 5.26 Å². The first kappa shape index (κ1) is 17.9. The lowest BCUT2D eigenvalue weighted by Gasteiger charge is -2.40. The molecule has 27 heavy (non-hydrogen) atoms. The third-order valence-corrected chi connectivity index (χ3v) is 6.15. The van der Waals surface area contributed by atoms with Gasteiger partial charge in [-0.25, -0.2) is 4.39 Å². The molecule has 138 valence electrons. The molecule has 0 radical (unpaired) electrons. The van der Waals surface area contributed by atoms with Crippen LogP contribution in [-0.2, 0) is 0 Å². The number of Topliss-reactive ketones (excluding diaryl/α,β-unsaturated/α-hetero) is 1. The van der Waals surface area contributed by atoms with Gasteiger partial charge in [0.2, 0.25) is 0 Å². The molecular formula is C23H23FN2O. The number of carbonyl (C=O) groups is 1. The Labute approximate surface area is 159 Å². The van der Waals surface area contributed by atoms with Crippen LogP contribution in [0.3, 0.4) is 0 Å². The zero-order chi connectivity index (χ0) is 18.8. The van der Waals surface area contributed by atoms with Gasteiger partial charge in [0.15, 0.2) is 5.78 Å². The van der Waals surface area contributed by atoms with E-state index in [4.69, 9.17) is 5.26 Å². The van der Waals surface area contributed by atoms with Crippen molar-refractivity contribution < 1.29 is 9.18 Å². The van der Waals surface area contributed by atoms with Gasteiger partial charge in [0, 0.05) is 25.1 Å². The molecule has 0 spiro atoms. The van der Waals surface area contributed by atoms with Crippen LogP contribution < -0.4 is 0 Å². The summed E-state index contributed by atoms with van der Waals surface area (Å²) in [5, 5.41) is 8.93. The minimum absolute atomic E-state index is 0.0904. The molecule has 1 aliphatic heterocycles. The largest absolute Gasteiger partial charge is 0.303 e. The second-order valence-corrected chi connectivity index (χ2v) is 7.79. The molecule has 1 saturated carbocycles. The number of hydrogen-bond donors (Lipinski definition) is 0. The van der Waals surface area contributed by atoms with E-state index in [-0.39, 0.29) is 11.6 Å². The predicted molar refractivity (Wildman–Crippen MR) is 102 cm³/mol. The molecule has 2 aromatic rings. The van der Waals surface area contributed by atoms with Crippen molar-refractivity contribution in [3.8, 4) is 6.07 Å². The van der Waals surface area contributed by atoms with Crippen molar-refractivity contribution in [1.82, 2.24) is 4.90 Å². The summed E-state index contributed by atoms with van der Waals surface area (Å²) in [4.78, 5) is 14.7. The highest BCUT2D eigenvalue weighted by Crippen LogP contribution is 2.51. The van der Waals surface area contributed by atoms with Crippen molar-refractivity contribution >= 4 is 5.78 Å². The molecule has 0 N–H and O–H groups in total. The molecule has 0 amide bonds. The van der Waals surface area contributed by atoms with Crippen molar-refractivity contribution in [2.75, 3.05) is 19.6 Å². The Morgan fingerprint density at radius 2 is 1.85 bits per heavy atom. The second-order valence-electron chi connectivity index (χ2n) is 7.79. The summed E-state index contributed by atoms with van der Waals surface area (Å²) in [6.07, 6.45) is 2.58. The molecule has 1 aliphatic carbocycles. The van der Waals surface area contributed by atoms with Gasteiger partial charge in [0.05, 0.1) is 11.6 Å². The summed E-state index contributed by atoms with van der Waals surface area (Å²) in [5.41, 5.74) is 2.66. The quantitative estimate of drug-likeness (QED) is 0.716. The van der Waals surface area contributed by atoms with Gasteiger partial charge in [-0.3, -0.25) is 4.79 Å². The van der Waals surface area contributed by atoms with Crippen LogP contribution in [0, 0.1) is 29.0 Å². The molecule has 4 rings (SSSR count). The van der Waals surface area contributed by atoms with E-state index in [1.807, 2.05) is 12.1 Å². The molecule has 3 unspecified atom stereocenters.